The molecule has 0 aromatic carbocycles. The van der Waals surface area contributed by atoms with Crippen LogP contribution in [0.15, 0.2) is 16.7 Å². The summed E-state index contributed by atoms with van der Waals surface area (Å²) in [6, 6.07) is 1.94. The lowest BCUT2D eigenvalue weighted by Gasteiger charge is -2.29. The first kappa shape index (κ1) is 11.5. The molecule has 0 unspecified atom stereocenters. The van der Waals surface area contributed by atoms with E-state index < -0.39 is 0 Å². The van der Waals surface area contributed by atoms with Crippen LogP contribution < -0.4 is 4.90 Å². The summed E-state index contributed by atoms with van der Waals surface area (Å²) < 4.78 is 6.18. The van der Waals surface area contributed by atoms with Crippen molar-refractivity contribution in [3.05, 3.63) is 22.4 Å². The molecule has 0 aliphatic carbocycles. The molecule has 4 nitrogen and oxygen atoms in total. The summed E-state index contributed by atoms with van der Waals surface area (Å²) in [5, 5.41) is 0. The van der Waals surface area contributed by atoms with E-state index in [0.29, 0.717) is 18.9 Å². The minimum atomic E-state index is -0.00556. The molecule has 16 heavy (non-hydrogen) atoms. The van der Waals surface area contributed by atoms with Crippen molar-refractivity contribution in [2.24, 2.45) is 0 Å². The minimum absolute atomic E-state index is 0.00556. The first-order chi connectivity index (χ1) is 7.68. The quantitative estimate of drug-likeness (QED) is 0.778. The third kappa shape index (κ3) is 2.41. The number of carbonyl (C=O) groups is 1. The van der Waals surface area contributed by atoms with Crippen molar-refractivity contribution in [1.29, 1.82) is 0 Å². The SMILES string of the molecule is CC(=O)c1ncc(Br)cc1N1CCOCC1. The Morgan fingerprint density at radius 2 is 2.19 bits per heavy atom. The highest BCUT2D eigenvalue weighted by molar-refractivity contribution is 9.10. The van der Waals surface area contributed by atoms with Crippen LogP contribution in [0.2, 0.25) is 0 Å². The molecule has 1 aromatic rings. The van der Waals surface area contributed by atoms with E-state index in [1.54, 1.807) is 13.1 Å². The zero-order valence-corrected chi connectivity index (χ0v) is 10.7. The Kier molecular flexibility index (Phi) is 3.56. The second-order valence-corrected chi connectivity index (χ2v) is 4.59. The molecule has 5 heteroatoms. The van der Waals surface area contributed by atoms with Crippen molar-refractivity contribution in [3.63, 3.8) is 0 Å². The lowest BCUT2D eigenvalue weighted by atomic mass is 10.2. The average Bonchev–Trinajstić information content (AvgIpc) is 2.29. The smallest absolute Gasteiger partial charge is 0.180 e. The van der Waals surface area contributed by atoms with E-state index in [1.165, 1.54) is 0 Å². The Labute approximate surface area is 103 Å². The van der Waals surface area contributed by atoms with Gasteiger partial charge in [0.2, 0.25) is 0 Å². The maximum Gasteiger partial charge on any atom is 0.180 e. The van der Waals surface area contributed by atoms with Gasteiger partial charge in [-0.25, -0.2) is 4.98 Å². The number of aromatic nitrogens is 1. The molecular formula is C11H13BrN2O2. The van der Waals surface area contributed by atoms with Gasteiger partial charge in [0, 0.05) is 30.7 Å². The number of ether oxygens (including phenoxy) is 1. The van der Waals surface area contributed by atoms with Gasteiger partial charge < -0.3 is 9.64 Å². The van der Waals surface area contributed by atoms with Crippen LogP contribution in [0.5, 0.6) is 0 Å². The summed E-state index contributed by atoms with van der Waals surface area (Å²) in [5.74, 6) is -0.00556. The van der Waals surface area contributed by atoms with E-state index in [4.69, 9.17) is 4.74 Å². The minimum Gasteiger partial charge on any atom is -0.378 e. The summed E-state index contributed by atoms with van der Waals surface area (Å²) in [7, 11) is 0. The van der Waals surface area contributed by atoms with Crippen LogP contribution in [-0.4, -0.2) is 37.1 Å². The number of morpholine rings is 1. The van der Waals surface area contributed by atoms with Crippen molar-refractivity contribution in [2.75, 3.05) is 31.2 Å². The maximum absolute atomic E-state index is 11.5. The molecule has 0 bridgehead atoms. The summed E-state index contributed by atoms with van der Waals surface area (Å²) in [6.45, 7) is 4.55. The number of nitrogens with zero attached hydrogens (tertiary/aromatic N) is 2. The molecule has 1 saturated heterocycles. The Balaban J connectivity index is 2.36. The summed E-state index contributed by atoms with van der Waals surface area (Å²) in [4.78, 5) is 17.8. The van der Waals surface area contributed by atoms with Gasteiger partial charge in [-0.2, -0.15) is 0 Å². The van der Waals surface area contributed by atoms with E-state index in [0.717, 1.165) is 23.2 Å². The fourth-order valence-electron chi connectivity index (χ4n) is 1.75. The van der Waals surface area contributed by atoms with Crippen LogP contribution in [0.3, 0.4) is 0 Å². The summed E-state index contributed by atoms with van der Waals surface area (Å²) in [6.07, 6.45) is 1.65. The number of pyridine rings is 1. The lowest BCUT2D eigenvalue weighted by Crippen LogP contribution is -2.37. The van der Waals surface area contributed by atoms with E-state index in [2.05, 4.69) is 25.8 Å². The highest BCUT2D eigenvalue weighted by atomic mass is 79.9. The van der Waals surface area contributed by atoms with Crippen LogP contribution >= 0.6 is 15.9 Å². The molecule has 86 valence electrons. The van der Waals surface area contributed by atoms with Crippen LogP contribution in [0.25, 0.3) is 0 Å². The Bertz CT molecular complexity index is 403. The Morgan fingerprint density at radius 3 is 2.81 bits per heavy atom. The third-order valence-corrected chi connectivity index (χ3v) is 2.95. The number of hydrogen-bond acceptors (Lipinski definition) is 4. The van der Waals surface area contributed by atoms with Gasteiger partial charge in [-0.15, -0.1) is 0 Å². The van der Waals surface area contributed by atoms with E-state index in [1.807, 2.05) is 6.07 Å². The van der Waals surface area contributed by atoms with Gasteiger partial charge in [0.1, 0.15) is 5.69 Å². The molecule has 1 aliphatic heterocycles. The summed E-state index contributed by atoms with van der Waals surface area (Å²) in [5.41, 5.74) is 1.43. The van der Waals surface area contributed by atoms with Gasteiger partial charge in [-0.1, -0.05) is 0 Å². The van der Waals surface area contributed by atoms with Crippen molar-refractivity contribution in [1.82, 2.24) is 4.98 Å². The van der Waals surface area contributed by atoms with Gasteiger partial charge in [-0.05, 0) is 22.0 Å². The fourth-order valence-corrected chi connectivity index (χ4v) is 2.06. The zero-order chi connectivity index (χ0) is 11.5. The molecule has 0 spiro atoms. The van der Waals surface area contributed by atoms with Gasteiger partial charge in [0.15, 0.2) is 5.78 Å². The number of anilines is 1. The lowest BCUT2D eigenvalue weighted by molar-refractivity contribution is 0.101. The standard InChI is InChI=1S/C11H13BrN2O2/c1-8(15)11-10(6-9(12)7-13-11)14-2-4-16-5-3-14/h6-7H,2-5H2,1H3. The van der Waals surface area contributed by atoms with Crippen molar-refractivity contribution in [2.45, 2.75) is 6.92 Å². The number of halogens is 1. The van der Waals surface area contributed by atoms with Crippen molar-refractivity contribution >= 4 is 27.4 Å². The largest absolute Gasteiger partial charge is 0.378 e. The van der Waals surface area contributed by atoms with Gasteiger partial charge in [0.25, 0.3) is 0 Å². The molecule has 1 aliphatic rings. The number of rotatable bonds is 2. The second kappa shape index (κ2) is 4.93. The molecule has 2 heterocycles. The van der Waals surface area contributed by atoms with Crippen LogP contribution in [0, 0.1) is 0 Å². The third-order valence-electron chi connectivity index (χ3n) is 2.52. The van der Waals surface area contributed by atoms with E-state index in [9.17, 15) is 4.79 Å². The molecule has 0 N–H and O–H groups in total. The molecule has 0 atom stereocenters. The van der Waals surface area contributed by atoms with Crippen molar-refractivity contribution < 1.29 is 9.53 Å². The van der Waals surface area contributed by atoms with Gasteiger partial charge in [0.05, 0.1) is 18.9 Å². The highest BCUT2D eigenvalue weighted by Crippen LogP contribution is 2.24. The topological polar surface area (TPSA) is 42.4 Å². The van der Waals surface area contributed by atoms with Crippen LogP contribution in [0.4, 0.5) is 5.69 Å². The van der Waals surface area contributed by atoms with Crippen LogP contribution in [-0.2, 0) is 4.74 Å². The zero-order valence-electron chi connectivity index (χ0n) is 9.07. The van der Waals surface area contributed by atoms with Crippen molar-refractivity contribution in [3.8, 4) is 0 Å². The molecular weight excluding hydrogens is 272 g/mol. The summed E-state index contributed by atoms with van der Waals surface area (Å²) >= 11 is 3.38. The Morgan fingerprint density at radius 1 is 1.50 bits per heavy atom. The average molecular weight is 285 g/mol. The second-order valence-electron chi connectivity index (χ2n) is 3.68. The predicted molar refractivity (Wildman–Crippen MR) is 65.0 cm³/mol. The molecule has 0 radical (unpaired) electrons. The normalized spacial score (nSPS) is 16.2. The predicted octanol–water partition coefficient (Wildman–Crippen LogP) is 1.88. The monoisotopic (exact) mass is 284 g/mol. The van der Waals surface area contributed by atoms with Gasteiger partial charge in [-0.3, -0.25) is 4.79 Å². The van der Waals surface area contributed by atoms with E-state index in [-0.39, 0.29) is 5.78 Å². The number of Topliss-reactive ketones (excluding diaryl/α,β-unsaturated/α-hetero) is 1. The molecule has 1 aromatic heterocycles. The first-order valence-electron chi connectivity index (χ1n) is 5.17. The number of hydrogen-bond donors (Lipinski definition) is 0. The fraction of sp³-hybridized carbons (Fsp3) is 0.455. The van der Waals surface area contributed by atoms with Gasteiger partial charge >= 0.3 is 0 Å². The number of carbonyl (C=O) groups excluding carboxylic acids is 1. The molecule has 0 amide bonds. The molecule has 1 fully saturated rings. The maximum atomic E-state index is 11.5. The number of ketones is 1. The molecule has 2 rings (SSSR count). The van der Waals surface area contributed by atoms with Crippen LogP contribution in [0.1, 0.15) is 17.4 Å². The highest BCUT2D eigenvalue weighted by Gasteiger charge is 2.18. The van der Waals surface area contributed by atoms with E-state index >= 15 is 0 Å². The Hall–Kier alpha value is -0.940. The first-order valence-corrected chi connectivity index (χ1v) is 5.97. The molecule has 0 saturated carbocycles.